The van der Waals surface area contributed by atoms with Crippen molar-refractivity contribution >= 4 is 5.95 Å². The van der Waals surface area contributed by atoms with Crippen LogP contribution in [-0.2, 0) is 12.3 Å². The molecule has 0 spiro atoms. The van der Waals surface area contributed by atoms with E-state index in [2.05, 4.69) is 16.0 Å². The summed E-state index contributed by atoms with van der Waals surface area (Å²) in [7, 11) is 0. The summed E-state index contributed by atoms with van der Waals surface area (Å²) in [5.41, 5.74) is 8.56. The van der Waals surface area contributed by atoms with Crippen molar-refractivity contribution in [3.63, 3.8) is 0 Å². The molecule has 5 nitrogen and oxygen atoms in total. The van der Waals surface area contributed by atoms with Gasteiger partial charge in [-0.25, -0.2) is 9.97 Å². The van der Waals surface area contributed by atoms with Crippen LogP contribution in [0.25, 0.3) is 11.3 Å². The molecule has 2 N–H and O–H groups in total. The summed E-state index contributed by atoms with van der Waals surface area (Å²) in [5.74, 6) is -2.52. The van der Waals surface area contributed by atoms with Gasteiger partial charge >= 0.3 is 6.68 Å². The average Bonchev–Trinajstić information content (AvgIpc) is 2.95. The average molecular weight is 425 g/mol. The number of halogens is 5. The Morgan fingerprint density at radius 2 is 1.77 bits per heavy atom. The van der Waals surface area contributed by atoms with Crippen molar-refractivity contribution in [1.82, 2.24) is 9.97 Å². The number of hydrogen-bond acceptors (Lipinski definition) is 5. The number of anilines is 1. The second-order valence-corrected chi connectivity index (χ2v) is 7.08. The van der Waals surface area contributed by atoms with Gasteiger partial charge in [0.05, 0.1) is 18.2 Å². The number of alkyl halides is 5. The molecule has 0 amide bonds. The van der Waals surface area contributed by atoms with Crippen molar-refractivity contribution in [3.05, 3.63) is 41.1 Å². The summed E-state index contributed by atoms with van der Waals surface area (Å²) in [6.45, 7) is -2.07. The first-order valence-electron chi connectivity index (χ1n) is 9.42. The fourth-order valence-electron chi connectivity index (χ4n) is 3.41. The molecular weight excluding hydrogens is 405 g/mol. The maximum absolute atomic E-state index is 14.3. The monoisotopic (exact) mass is 425 g/mol. The number of fused-ring (bicyclic) bond motifs is 1. The first-order valence-corrected chi connectivity index (χ1v) is 9.42. The number of aromatic nitrogens is 2. The van der Waals surface area contributed by atoms with E-state index in [1.54, 1.807) is 0 Å². The third kappa shape index (κ3) is 4.67. The van der Waals surface area contributed by atoms with Gasteiger partial charge in [-0.05, 0) is 18.4 Å². The van der Waals surface area contributed by atoms with Gasteiger partial charge in [-0.2, -0.15) is 27.2 Å². The third-order valence-electron chi connectivity index (χ3n) is 5.09. The number of benzene rings is 1. The van der Waals surface area contributed by atoms with E-state index in [0.29, 0.717) is 17.2 Å². The van der Waals surface area contributed by atoms with Gasteiger partial charge in [0, 0.05) is 36.7 Å². The molecule has 1 atom stereocenters. The lowest BCUT2D eigenvalue weighted by Gasteiger charge is -2.31. The molecule has 1 unspecified atom stereocenters. The smallest absolute Gasteiger partial charge is 0.341 e. The summed E-state index contributed by atoms with van der Waals surface area (Å²) in [6, 6.07) is 9.05. The molecule has 1 aliphatic carbocycles. The molecule has 1 fully saturated rings. The fourth-order valence-corrected chi connectivity index (χ4v) is 3.41. The lowest BCUT2D eigenvalue weighted by molar-refractivity contribution is -0.00596. The number of rotatable bonds is 4. The molecule has 1 aliphatic heterocycles. The van der Waals surface area contributed by atoms with Crippen LogP contribution < -0.4 is 10.6 Å². The molecule has 1 aromatic carbocycles. The fraction of sp³-hybridized carbons (Fsp3) is 0.450. The number of nitrogens with two attached hydrogens (primary N) is 1. The molecule has 2 aliphatic rings. The molecule has 4 rings (SSSR count). The Hall–Kier alpha value is -2.80. The van der Waals surface area contributed by atoms with Crippen molar-refractivity contribution < 1.29 is 22.0 Å². The summed E-state index contributed by atoms with van der Waals surface area (Å²) >= 11 is 0. The van der Waals surface area contributed by atoms with Gasteiger partial charge in [0.25, 0.3) is 5.92 Å². The van der Waals surface area contributed by atoms with Gasteiger partial charge in [-0.1, -0.05) is 24.3 Å². The summed E-state index contributed by atoms with van der Waals surface area (Å²) in [6.07, 6.45) is 1.30. The lowest BCUT2D eigenvalue weighted by atomic mass is 10.00. The summed E-state index contributed by atoms with van der Waals surface area (Å²) < 4.78 is 57.6. The van der Waals surface area contributed by atoms with Crippen LogP contribution in [0.1, 0.15) is 42.1 Å². The summed E-state index contributed by atoms with van der Waals surface area (Å²) in [4.78, 5) is 10.7. The van der Waals surface area contributed by atoms with Gasteiger partial charge < -0.3 is 10.6 Å². The van der Waals surface area contributed by atoms with Crippen LogP contribution in [0.15, 0.2) is 24.3 Å². The Morgan fingerprint density at radius 3 is 2.30 bits per heavy atom. The van der Waals surface area contributed by atoms with Gasteiger partial charge in [0.1, 0.15) is 5.69 Å². The Balaban J connectivity index is 0.000000589. The topological polar surface area (TPSA) is 78.8 Å². The molecule has 160 valence electrons. The van der Waals surface area contributed by atoms with E-state index in [-0.39, 0.29) is 31.0 Å². The Morgan fingerprint density at radius 1 is 1.13 bits per heavy atom. The van der Waals surface area contributed by atoms with Crippen LogP contribution in [0.2, 0.25) is 0 Å². The van der Waals surface area contributed by atoms with Gasteiger partial charge in [0.15, 0.2) is 0 Å². The SMILES string of the molecule is FC(F)F.N#CCC(N)c1ccc(-c2nc(N3CCC3)nc3c2CCC3(F)F)cc1. The number of nitrogens with zero attached hydrogens (tertiary/aromatic N) is 4. The van der Waals surface area contributed by atoms with Gasteiger partial charge in [-0.15, -0.1) is 0 Å². The van der Waals surface area contributed by atoms with Crippen LogP contribution in [0.4, 0.5) is 27.9 Å². The highest BCUT2D eigenvalue weighted by atomic mass is 19.4. The highest BCUT2D eigenvalue weighted by Crippen LogP contribution is 2.44. The van der Waals surface area contributed by atoms with Crippen molar-refractivity contribution in [3.8, 4) is 17.3 Å². The van der Waals surface area contributed by atoms with E-state index in [1.165, 1.54) is 0 Å². The normalized spacial score (nSPS) is 17.5. The first kappa shape index (κ1) is 21.9. The van der Waals surface area contributed by atoms with Gasteiger partial charge in [-0.3, -0.25) is 0 Å². The maximum Gasteiger partial charge on any atom is 0.379 e. The van der Waals surface area contributed by atoms with Crippen LogP contribution in [0.3, 0.4) is 0 Å². The van der Waals surface area contributed by atoms with E-state index in [9.17, 15) is 22.0 Å². The molecule has 10 heteroatoms. The predicted octanol–water partition coefficient (Wildman–Crippen LogP) is 4.48. The van der Waals surface area contributed by atoms with Crippen LogP contribution in [0, 0.1) is 11.3 Å². The number of nitriles is 1. The molecule has 1 aromatic heterocycles. The Labute approximate surface area is 170 Å². The van der Waals surface area contributed by atoms with Crippen molar-refractivity contribution in [2.75, 3.05) is 18.0 Å². The summed E-state index contributed by atoms with van der Waals surface area (Å²) in [5, 5.41) is 8.77. The Bertz CT molecular complexity index is 920. The minimum absolute atomic E-state index is 0.130. The van der Waals surface area contributed by atoms with Crippen molar-refractivity contribution in [2.45, 2.75) is 44.3 Å². The second-order valence-electron chi connectivity index (χ2n) is 7.08. The van der Waals surface area contributed by atoms with Gasteiger partial charge in [0.2, 0.25) is 5.95 Å². The van der Waals surface area contributed by atoms with E-state index in [0.717, 1.165) is 30.6 Å². The molecule has 2 aromatic rings. The number of hydrogen-bond donors (Lipinski definition) is 1. The van der Waals surface area contributed by atoms with Crippen LogP contribution >= 0.6 is 0 Å². The first-order chi connectivity index (χ1) is 14.2. The maximum atomic E-state index is 14.3. The second kappa shape index (κ2) is 8.92. The van der Waals surface area contributed by atoms with Crippen LogP contribution in [0.5, 0.6) is 0 Å². The lowest BCUT2D eigenvalue weighted by Crippen LogP contribution is -2.38. The highest BCUT2D eigenvalue weighted by Gasteiger charge is 2.43. The largest absolute Gasteiger partial charge is 0.379 e. The molecule has 2 heterocycles. The molecule has 0 radical (unpaired) electrons. The molecule has 0 saturated carbocycles. The molecule has 1 saturated heterocycles. The zero-order valence-electron chi connectivity index (χ0n) is 16.0. The molecule has 30 heavy (non-hydrogen) atoms. The molecular formula is C20H20F5N5. The van der Waals surface area contributed by atoms with Crippen LogP contribution in [-0.4, -0.2) is 29.7 Å². The van der Waals surface area contributed by atoms with Crippen molar-refractivity contribution in [2.24, 2.45) is 5.73 Å². The highest BCUT2D eigenvalue weighted by molar-refractivity contribution is 5.67. The predicted molar refractivity (Wildman–Crippen MR) is 101 cm³/mol. The minimum atomic E-state index is -3.67. The van der Waals surface area contributed by atoms with E-state index in [4.69, 9.17) is 11.0 Å². The van der Waals surface area contributed by atoms with E-state index in [1.807, 2.05) is 29.2 Å². The van der Waals surface area contributed by atoms with E-state index >= 15 is 0 Å². The third-order valence-corrected chi connectivity index (χ3v) is 5.09. The zero-order chi connectivity index (χ0) is 21.9. The van der Waals surface area contributed by atoms with Crippen molar-refractivity contribution in [1.29, 1.82) is 5.26 Å². The molecule has 0 bridgehead atoms. The quantitative estimate of drug-likeness (QED) is 0.731. The standard InChI is InChI=1S/C19H19F2N5.CHF3/c20-19(21)8-6-14-16(24-18(25-17(14)19)26-10-1-11-26)13-4-2-12(3-5-13)15(23)7-9-22;2-1(3)4/h2-5,15H,1,6-8,10-11,23H2;1H. The minimum Gasteiger partial charge on any atom is -0.341 e. The Kier molecular flexibility index (Phi) is 6.51. The van der Waals surface area contributed by atoms with E-state index < -0.39 is 12.6 Å². The zero-order valence-corrected chi connectivity index (χ0v) is 16.0.